The number of hydrogen-bond donors (Lipinski definition) is 1. The molecule has 2 heterocycles. The molecule has 1 N–H and O–H groups in total. The summed E-state index contributed by atoms with van der Waals surface area (Å²) in [4.78, 5) is 18.5. The molecule has 1 aliphatic heterocycles. The summed E-state index contributed by atoms with van der Waals surface area (Å²) >= 11 is 0. The summed E-state index contributed by atoms with van der Waals surface area (Å²) in [5.41, 5.74) is 2.45. The molecule has 1 aromatic rings. The lowest BCUT2D eigenvalue weighted by molar-refractivity contribution is 0.140. The third kappa shape index (κ3) is 9.02. The van der Waals surface area contributed by atoms with Gasteiger partial charge in [0, 0.05) is 38.3 Å². The molecular weight excluding hydrogens is 425 g/mol. The van der Waals surface area contributed by atoms with Gasteiger partial charge in [-0.2, -0.15) is 5.10 Å². The van der Waals surface area contributed by atoms with Crippen LogP contribution in [0.1, 0.15) is 18.3 Å². The summed E-state index contributed by atoms with van der Waals surface area (Å²) in [5, 5.41) is 7.05. The highest BCUT2D eigenvalue weighted by atomic mass is 19.1. The molecule has 0 saturated heterocycles. The first kappa shape index (κ1) is 25.4. The van der Waals surface area contributed by atoms with Gasteiger partial charge in [-0.05, 0) is 31.2 Å². The first-order valence-electron chi connectivity index (χ1n) is 10.4. The predicted molar refractivity (Wildman–Crippen MR) is 127 cm³/mol. The number of carbonyl (C=O) groups excluding carboxylic acids is 1. The second kappa shape index (κ2) is 12.8. The number of hydrogen-bond acceptors (Lipinski definition) is 6. The number of alkyl carbamates (subject to hydrolysis) is 1. The smallest absolute Gasteiger partial charge is 0.412 e. The molecule has 1 aromatic heterocycles. The van der Waals surface area contributed by atoms with E-state index in [1.54, 1.807) is 42.4 Å². The lowest BCUT2D eigenvalue weighted by Gasteiger charge is -2.13. The maximum atomic E-state index is 13.7. The molecule has 0 radical (unpaired) electrons. The van der Waals surface area contributed by atoms with Gasteiger partial charge < -0.3 is 14.4 Å². The van der Waals surface area contributed by atoms with Crippen molar-refractivity contribution in [1.82, 2.24) is 20.0 Å². The molecule has 0 unspecified atom stereocenters. The molecule has 0 atom stereocenters. The van der Waals surface area contributed by atoms with Crippen molar-refractivity contribution >= 4 is 12.4 Å². The van der Waals surface area contributed by atoms with E-state index in [-0.39, 0.29) is 12.4 Å². The number of rotatable bonds is 9. The van der Waals surface area contributed by atoms with E-state index in [4.69, 9.17) is 9.47 Å². The fourth-order valence-corrected chi connectivity index (χ4v) is 2.72. The Bertz CT molecular complexity index is 1020. The molecule has 1 aliphatic rings. The summed E-state index contributed by atoms with van der Waals surface area (Å²) < 4.78 is 25.4. The van der Waals surface area contributed by atoms with Crippen LogP contribution in [0.25, 0.3) is 0 Å². The molecular formula is C24H30FN5O3. The van der Waals surface area contributed by atoms with E-state index in [0.29, 0.717) is 35.7 Å². The summed E-state index contributed by atoms with van der Waals surface area (Å²) in [6, 6.07) is 1.79. The summed E-state index contributed by atoms with van der Waals surface area (Å²) in [6.45, 7) is 10.9. The zero-order valence-corrected chi connectivity index (χ0v) is 19.3. The lowest BCUT2D eigenvalue weighted by Crippen LogP contribution is -2.23. The fourth-order valence-electron chi connectivity index (χ4n) is 2.72. The van der Waals surface area contributed by atoms with E-state index in [9.17, 15) is 9.18 Å². The van der Waals surface area contributed by atoms with E-state index in [0.717, 1.165) is 6.54 Å². The minimum Gasteiger partial charge on any atom is -0.497 e. The van der Waals surface area contributed by atoms with Gasteiger partial charge in [0.05, 0.1) is 30.5 Å². The highest BCUT2D eigenvalue weighted by molar-refractivity contribution is 5.70. The molecule has 0 bridgehead atoms. The Labute approximate surface area is 193 Å². The average molecular weight is 456 g/mol. The third-order valence-corrected chi connectivity index (χ3v) is 4.54. The Morgan fingerprint density at radius 2 is 2.21 bits per heavy atom. The van der Waals surface area contributed by atoms with Gasteiger partial charge in [-0.1, -0.05) is 25.3 Å². The lowest BCUT2D eigenvalue weighted by atomic mass is 10.2. The summed E-state index contributed by atoms with van der Waals surface area (Å²) in [5.74, 6) is -0.240. The van der Waals surface area contributed by atoms with E-state index in [1.807, 2.05) is 17.9 Å². The molecule has 0 spiro atoms. The Morgan fingerprint density at radius 1 is 1.42 bits per heavy atom. The molecule has 0 fully saturated rings. The van der Waals surface area contributed by atoms with Crippen LogP contribution < -0.4 is 5.32 Å². The molecule has 2 rings (SSSR count). The predicted octanol–water partition coefficient (Wildman–Crippen LogP) is 4.08. The monoisotopic (exact) mass is 455 g/mol. The van der Waals surface area contributed by atoms with E-state index in [2.05, 4.69) is 28.6 Å². The first-order valence-corrected chi connectivity index (χ1v) is 10.4. The van der Waals surface area contributed by atoms with Gasteiger partial charge in [0.25, 0.3) is 0 Å². The number of aromatic nitrogens is 2. The zero-order chi connectivity index (χ0) is 24.2. The van der Waals surface area contributed by atoms with Crippen molar-refractivity contribution in [1.29, 1.82) is 0 Å². The molecule has 8 nitrogen and oxygen atoms in total. The Balaban J connectivity index is 1.90. The van der Waals surface area contributed by atoms with Crippen LogP contribution >= 0.6 is 0 Å². The summed E-state index contributed by atoms with van der Waals surface area (Å²) in [6.07, 6.45) is 11.0. The maximum Gasteiger partial charge on any atom is 0.412 e. The van der Waals surface area contributed by atoms with Crippen LogP contribution in [-0.2, 0) is 29.5 Å². The maximum absolute atomic E-state index is 13.7. The molecule has 0 aromatic carbocycles. The standard InChI is InChI=1S/C24H30FN5O3/c1-6-30-12-8-11-21(13-18(2)26-17-30)27-24(31)33-16-23-15-22(28-29(23)4)10-7-9-20(25)14-19(3)32-5/h7-9,11,13-15,17H,2-3,6,10,12,16H2,1,4-5H3,(H,27,31)/b9-7-,11-8-,20-14+,21-13+,26-17-. The van der Waals surface area contributed by atoms with Crippen LogP contribution in [0.3, 0.4) is 0 Å². The number of ether oxygens (including phenoxy) is 2. The van der Waals surface area contributed by atoms with Crippen molar-refractivity contribution in [3.05, 3.63) is 90.0 Å². The van der Waals surface area contributed by atoms with Crippen molar-refractivity contribution in [3.8, 4) is 0 Å². The van der Waals surface area contributed by atoms with Gasteiger partial charge in [0.1, 0.15) is 18.2 Å². The first-order chi connectivity index (χ1) is 15.8. The number of nitrogens with zero attached hydrogens (tertiary/aromatic N) is 4. The van der Waals surface area contributed by atoms with E-state index < -0.39 is 11.9 Å². The normalized spacial score (nSPS) is 18.1. The number of methoxy groups -OCH3 is 1. The van der Waals surface area contributed by atoms with Crippen molar-refractivity contribution in [3.63, 3.8) is 0 Å². The van der Waals surface area contributed by atoms with Gasteiger partial charge in [0.2, 0.25) is 0 Å². The summed E-state index contributed by atoms with van der Waals surface area (Å²) in [7, 11) is 3.17. The van der Waals surface area contributed by atoms with Crippen molar-refractivity contribution in [2.75, 3.05) is 20.2 Å². The van der Waals surface area contributed by atoms with Gasteiger partial charge in [-0.15, -0.1) is 0 Å². The second-order valence-corrected chi connectivity index (χ2v) is 7.08. The number of allylic oxidation sites excluding steroid dienone is 6. The molecule has 0 saturated carbocycles. The van der Waals surface area contributed by atoms with Crippen LogP contribution in [-0.4, -0.2) is 47.3 Å². The molecule has 176 valence electrons. The molecule has 9 heteroatoms. The highest BCUT2D eigenvalue weighted by Crippen LogP contribution is 2.10. The Kier molecular flexibility index (Phi) is 9.88. The van der Waals surface area contributed by atoms with Crippen LogP contribution in [0.4, 0.5) is 9.18 Å². The number of carbonyl (C=O) groups is 1. The number of likely N-dealkylation sites (N-methyl/N-ethyl adjacent to an activating group) is 1. The van der Waals surface area contributed by atoms with Crippen LogP contribution in [0.15, 0.2) is 83.7 Å². The Hall–Kier alpha value is -3.88. The highest BCUT2D eigenvalue weighted by Gasteiger charge is 2.10. The van der Waals surface area contributed by atoms with Crippen molar-refractivity contribution in [2.24, 2.45) is 12.0 Å². The van der Waals surface area contributed by atoms with Crippen LogP contribution in [0.2, 0.25) is 0 Å². The molecule has 0 aliphatic carbocycles. The van der Waals surface area contributed by atoms with Crippen LogP contribution in [0.5, 0.6) is 0 Å². The minimum atomic E-state index is -0.609. The molecule has 1 amide bonds. The van der Waals surface area contributed by atoms with Gasteiger partial charge in [-0.3, -0.25) is 10.00 Å². The van der Waals surface area contributed by atoms with Crippen LogP contribution in [0, 0.1) is 0 Å². The second-order valence-electron chi connectivity index (χ2n) is 7.08. The minimum absolute atomic E-state index is 0.0285. The van der Waals surface area contributed by atoms with Gasteiger partial charge in [0.15, 0.2) is 0 Å². The van der Waals surface area contributed by atoms with Crippen molar-refractivity contribution in [2.45, 2.75) is 20.0 Å². The number of halogens is 1. The molecule has 33 heavy (non-hydrogen) atoms. The number of aliphatic imine (C=N–C) groups is 1. The van der Waals surface area contributed by atoms with Gasteiger partial charge >= 0.3 is 6.09 Å². The number of nitrogens with one attached hydrogen (secondary N) is 1. The SMILES string of the molecule is C=C1/C=C(NC(=O)OCc2cc(C/C=C\C(F)=C/C(=C)OC)nn2C)\C=C/CN(CC)/C=N\1. The van der Waals surface area contributed by atoms with Gasteiger partial charge in [-0.25, -0.2) is 14.2 Å². The van der Waals surface area contributed by atoms with Crippen molar-refractivity contribution < 1.29 is 18.7 Å². The topological polar surface area (TPSA) is 81.0 Å². The average Bonchev–Trinajstić information content (AvgIpc) is 3.16. The number of aryl methyl sites for hydroxylation is 1. The quantitative estimate of drug-likeness (QED) is 0.448. The zero-order valence-electron chi connectivity index (χ0n) is 19.3. The third-order valence-electron chi connectivity index (χ3n) is 4.54. The fraction of sp³-hybridized carbons (Fsp3) is 0.292. The largest absolute Gasteiger partial charge is 0.497 e. The number of amides is 1. The van der Waals surface area contributed by atoms with E-state index >= 15 is 0 Å². The van der Waals surface area contributed by atoms with E-state index in [1.165, 1.54) is 19.3 Å². The Morgan fingerprint density at radius 3 is 2.94 bits per heavy atom.